The summed E-state index contributed by atoms with van der Waals surface area (Å²) in [7, 11) is 0. The second kappa shape index (κ2) is 3.66. The fourth-order valence-electron chi connectivity index (χ4n) is 1.15. The number of alkyl halides is 2. The second-order valence-electron chi connectivity index (χ2n) is 2.72. The smallest absolute Gasteiger partial charge is 0.280 e. The minimum absolute atomic E-state index is 0.0151. The van der Waals surface area contributed by atoms with Crippen LogP contribution in [-0.2, 0) is 6.54 Å². The van der Waals surface area contributed by atoms with Crippen molar-refractivity contribution in [3.05, 3.63) is 23.0 Å². The Morgan fingerprint density at radius 1 is 1.54 bits per heavy atom. The number of pyridine rings is 1. The van der Waals surface area contributed by atoms with Crippen molar-refractivity contribution in [1.29, 1.82) is 0 Å². The van der Waals surface area contributed by atoms with Gasteiger partial charge in [0, 0.05) is 23.5 Å². The Hall–Kier alpha value is -1.23. The lowest BCUT2D eigenvalue weighted by Gasteiger charge is -2.09. The molecule has 0 atom stereocenters. The molecule has 0 radical (unpaired) electrons. The van der Waals surface area contributed by atoms with Crippen LogP contribution in [0, 0.1) is 6.92 Å². The highest BCUT2D eigenvalue weighted by Crippen LogP contribution is 2.25. The highest BCUT2D eigenvalue weighted by atomic mass is 19.3. The summed E-state index contributed by atoms with van der Waals surface area (Å²) in [6, 6.07) is 1.54. The number of nitrogen functional groups attached to an aromatic ring is 1. The van der Waals surface area contributed by atoms with Gasteiger partial charge in [0.2, 0.25) is 0 Å². The fraction of sp³-hybridized carbons (Fsp3) is 0.375. The van der Waals surface area contributed by atoms with E-state index in [0.717, 1.165) is 0 Å². The van der Waals surface area contributed by atoms with Crippen molar-refractivity contribution in [2.75, 3.05) is 5.73 Å². The van der Waals surface area contributed by atoms with Gasteiger partial charge in [-0.3, -0.25) is 4.98 Å². The second-order valence-corrected chi connectivity index (χ2v) is 2.72. The average molecular weight is 187 g/mol. The summed E-state index contributed by atoms with van der Waals surface area (Å²) in [5.74, 6) is 0. The quantitative estimate of drug-likeness (QED) is 0.734. The van der Waals surface area contributed by atoms with Gasteiger partial charge in [0.1, 0.15) is 5.69 Å². The van der Waals surface area contributed by atoms with Crippen LogP contribution < -0.4 is 11.5 Å². The van der Waals surface area contributed by atoms with Gasteiger partial charge in [-0.05, 0) is 13.0 Å². The highest BCUT2D eigenvalue weighted by molar-refractivity contribution is 5.50. The van der Waals surface area contributed by atoms with Gasteiger partial charge in [0.25, 0.3) is 6.43 Å². The maximum absolute atomic E-state index is 12.4. The summed E-state index contributed by atoms with van der Waals surface area (Å²) in [5, 5.41) is 0. The minimum Gasteiger partial charge on any atom is -0.398 e. The van der Waals surface area contributed by atoms with Crippen molar-refractivity contribution >= 4 is 5.69 Å². The standard InChI is InChI=1S/C8H11F2N3/c1-4-2-6(12)5(3-11)7(13-4)8(9)10/h2,8H,3,11H2,1H3,(H2,12,13). The predicted molar refractivity (Wildman–Crippen MR) is 46.2 cm³/mol. The number of anilines is 1. The molecule has 0 amide bonds. The Balaban J connectivity index is 3.29. The molecule has 1 aromatic rings. The van der Waals surface area contributed by atoms with Crippen LogP contribution in [0.25, 0.3) is 0 Å². The largest absolute Gasteiger partial charge is 0.398 e. The van der Waals surface area contributed by atoms with Crippen LogP contribution in [0.2, 0.25) is 0 Å². The van der Waals surface area contributed by atoms with E-state index in [1.165, 1.54) is 6.07 Å². The summed E-state index contributed by atoms with van der Waals surface area (Å²) in [5.41, 5.74) is 11.5. The molecule has 0 aliphatic rings. The molecule has 1 heterocycles. The fourth-order valence-corrected chi connectivity index (χ4v) is 1.15. The van der Waals surface area contributed by atoms with E-state index in [-0.39, 0.29) is 23.5 Å². The van der Waals surface area contributed by atoms with E-state index in [0.29, 0.717) is 5.69 Å². The molecule has 5 heteroatoms. The molecule has 0 unspecified atom stereocenters. The summed E-state index contributed by atoms with van der Waals surface area (Å²) in [6.45, 7) is 1.60. The number of aromatic nitrogens is 1. The van der Waals surface area contributed by atoms with Crippen LogP contribution in [0.3, 0.4) is 0 Å². The molecule has 13 heavy (non-hydrogen) atoms. The first kappa shape index (κ1) is 9.85. The summed E-state index contributed by atoms with van der Waals surface area (Å²) >= 11 is 0. The van der Waals surface area contributed by atoms with Crippen LogP contribution in [0.5, 0.6) is 0 Å². The van der Waals surface area contributed by atoms with Gasteiger partial charge in [-0.1, -0.05) is 0 Å². The molecular formula is C8H11F2N3. The van der Waals surface area contributed by atoms with Crippen LogP contribution in [0.4, 0.5) is 14.5 Å². The minimum atomic E-state index is -2.62. The SMILES string of the molecule is Cc1cc(N)c(CN)c(C(F)F)n1. The maximum Gasteiger partial charge on any atom is 0.280 e. The molecule has 0 saturated carbocycles. The van der Waals surface area contributed by atoms with Crippen molar-refractivity contribution < 1.29 is 8.78 Å². The number of nitrogens with zero attached hydrogens (tertiary/aromatic N) is 1. The average Bonchev–Trinajstić information content (AvgIpc) is 2.02. The lowest BCUT2D eigenvalue weighted by Crippen LogP contribution is -2.09. The number of nitrogens with two attached hydrogens (primary N) is 2. The van der Waals surface area contributed by atoms with Crippen LogP contribution >= 0.6 is 0 Å². The summed E-state index contributed by atoms with van der Waals surface area (Å²) in [6.07, 6.45) is -2.62. The Labute approximate surface area is 74.8 Å². The van der Waals surface area contributed by atoms with Gasteiger partial charge in [-0.2, -0.15) is 0 Å². The van der Waals surface area contributed by atoms with Crippen molar-refractivity contribution in [3.63, 3.8) is 0 Å². The number of rotatable bonds is 2. The zero-order valence-corrected chi connectivity index (χ0v) is 7.22. The number of hydrogen-bond acceptors (Lipinski definition) is 3. The van der Waals surface area contributed by atoms with Crippen LogP contribution in [0.15, 0.2) is 6.07 Å². The first-order valence-corrected chi connectivity index (χ1v) is 3.80. The lowest BCUT2D eigenvalue weighted by atomic mass is 10.1. The summed E-state index contributed by atoms with van der Waals surface area (Å²) < 4.78 is 24.8. The van der Waals surface area contributed by atoms with Gasteiger partial charge in [0.15, 0.2) is 0 Å². The van der Waals surface area contributed by atoms with Gasteiger partial charge >= 0.3 is 0 Å². The van der Waals surface area contributed by atoms with E-state index in [2.05, 4.69) is 4.98 Å². The van der Waals surface area contributed by atoms with Gasteiger partial charge in [-0.25, -0.2) is 8.78 Å². The molecule has 4 N–H and O–H groups in total. The third-order valence-corrected chi connectivity index (χ3v) is 1.73. The van der Waals surface area contributed by atoms with Crippen molar-refractivity contribution in [2.45, 2.75) is 19.9 Å². The molecule has 0 bridgehead atoms. The molecular weight excluding hydrogens is 176 g/mol. The van der Waals surface area contributed by atoms with E-state index in [9.17, 15) is 8.78 Å². The molecule has 3 nitrogen and oxygen atoms in total. The van der Waals surface area contributed by atoms with Gasteiger partial charge in [-0.15, -0.1) is 0 Å². The predicted octanol–water partition coefficient (Wildman–Crippen LogP) is 1.37. The molecule has 0 aliphatic heterocycles. The van der Waals surface area contributed by atoms with Crippen molar-refractivity contribution in [3.8, 4) is 0 Å². The first-order chi connectivity index (χ1) is 6.06. The zero-order chi connectivity index (χ0) is 10.0. The Morgan fingerprint density at radius 2 is 2.15 bits per heavy atom. The molecule has 1 aromatic heterocycles. The number of aryl methyl sites for hydroxylation is 1. The van der Waals surface area contributed by atoms with E-state index >= 15 is 0 Å². The van der Waals surface area contributed by atoms with E-state index < -0.39 is 6.43 Å². The normalized spacial score (nSPS) is 10.8. The van der Waals surface area contributed by atoms with Crippen LogP contribution in [-0.4, -0.2) is 4.98 Å². The Kier molecular flexibility index (Phi) is 2.77. The summed E-state index contributed by atoms with van der Waals surface area (Å²) in [4.78, 5) is 3.69. The van der Waals surface area contributed by atoms with Crippen molar-refractivity contribution in [1.82, 2.24) is 4.98 Å². The van der Waals surface area contributed by atoms with Gasteiger partial charge < -0.3 is 11.5 Å². The Bertz CT molecular complexity index is 313. The van der Waals surface area contributed by atoms with Gasteiger partial charge in [0.05, 0.1) is 0 Å². The van der Waals surface area contributed by atoms with Crippen LogP contribution in [0.1, 0.15) is 23.4 Å². The molecule has 0 aliphatic carbocycles. The molecule has 0 saturated heterocycles. The molecule has 0 fully saturated rings. The number of hydrogen-bond donors (Lipinski definition) is 2. The molecule has 0 spiro atoms. The highest BCUT2D eigenvalue weighted by Gasteiger charge is 2.16. The number of halogens is 2. The molecule has 1 rings (SSSR count). The monoisotopic (exact) mass is 187 g/mol. The maximum atomic E-state index is 12.4. The third kappa shape index (κ3) is 1.92. The van der Waals surface area contributed by atoms with E-state index in [4.69, 9.17) is 11.5 Å². The first-order valence-electron chi connectivity index (χ1n) is 3.80. The van der Waals surface area contributed by atoms with E-state index in [1.54, 1.807) is 6.92 Å². The molecule has 72 valence electrons. The molecule has 0 aromatic carbocycles. The zero-order valence-electron chi connectivity index (χ0n) is 7.22. The van der Waals surface area contributed by atoms with Crippen molar-refractivity contribution in [2.24, 2.45) is 5.73 Å². The lowest BCUT2D eigenvalue weighted by molar-refractivity contribution is 0.144. The Morgan fingerprint density at radius 3 is 2.62 bits per heavy atom. The topological polar surface area (TPSA) is 64.9 Å². The van der Waals surface area contributed by atoms with E-state index in [1.807, 2.05) is 0 Å². The third-order valence-electron chi connectivity index (χ3n) is 1.73.